The molecular weight excluding hydrogens is 260 g/mol. The first kappa shape index (κ1) is 14.0. The number of methoxy groups -OCH3 is 1. The van der Waals surface area contributed by atoms with Crippen molar-refractivity contribution in [1.82, 2.24) is 14.5 Å². The second-order valence-corrected chi connectivity index (χ2v) is 5.69. The van der Waals surface area contributed by atoms with Crippen molar-refractivity contribution in [2.75, 3.05) is 19.0 Å². The fraction of sp³-hybridized carbons (Fsp3) is 0.538. The number of rotatable bonds is 6. The third-order valence-electron chi connectivity index (χ3n) is 2.83. The summed E-state index contributed by atoms with van der Waals surface area (Å²) in [4.78, 5) is 8.95. The van der Waals surface area contributed by atoms with Crippen molar-refractivity contribution in [3.63, 3.8) is 0 Å². The molecule has 0 aliphatic heterocycles. The van der Waals surface area contributed by atoms with Crippen LogP contribution < -0.4 is 5.32 Å². The lowest BCUT2D eigenvalue weighted by atomic mass is 10.3. The van der Waals surface area contributed by atoms with E-state index in [-0.39, 0.29) is 6.04 Å². The lowest BCUT2D eigenvalue weighted by molar-refractivity contribution is 0.163. The smallest absolute Gasteiger partial charge is 0.203 e. The van der Waals surface area contributed by atoms with Crippen molar-refractivity contribution in [1.29, 1.82) is 0 Å². The summed E-state index contributed by atoms with van der Waals surface area (Å²) in [5.74, 6) is 0.868. The maximum Gasteiger partial charge on any atom is 0.203 e. The summed E-state index contributed by atoms with van der Waals surface area (Å²) in [7, 11) is 1.71. The first-order valence-corrected chi connectivity index (χ1v) is 7.17. The van der Waals surface area contributed by atoms with Crippen LogP contribution in [0.1, 0.15) is 29.4 Å². The molecule has 2 rings (SSSR count). The van der Waals surface area contributed by atoms with Crippen LogP contribution in [-0.2, 0) is 11.3 Å². The van der Waals surface area contributed by atoms with Crippen molar-refractivity contribution < 1.29 is 4.74 Å². The second-order valence-electron chi connectivity index (χ2n) is 4.63. The molecule has 1 N–H and O–H groups in total. The van der Waals surface area contributed by atoms with Crippen molar-refractivity contribution in [3.8, 4) is 0 Å². The molecule has 0 radical (unpaired) electrons. The molecule has 0 spiro atoms. The van der Waals surface area contributed by atoms with Crippen LogP contribution >= 0.6 is 11.3 Å². The van der Waals surface area contributed by atoms with E-state index >= 15 is 0 Å². The summed E-state index contributed by atoms with van der Waals surface area (Å²) < 4.78 is 7.31. The molecule has 0 aliphatic rings. The molecule has 2 aromatic rings. The van der Waals surface area contributed by atoms with Crippen LogP contribution in [0.4, 0.5) is 5.95 Å². The summed E-state index contributed by atoms with van der Waals surface area (Å²) >= 11 is 1.67. The quantitative estimate of drug-likeness (QED) is 0.884. The van der Waals surface area contributed by atoms with Crippen LogP contribution in [0.3, 0.4) is 0 Å². The van der Waals surface area contributed by atoms with E-state index in [1.807, 2.05) is 20.0 Å². The highest BCUT2D eigenvalue weighted by Gasteiger charge is 2.11. The van der Waals surface area contributed by atoms with Crippen molar-refractivity contribution >= 4 is 17.3 Å². The fourth-order valence-electron chi connectivity index (χ4n) is 1.96. The topological polar surface area (TPSA) is 52.0 Å². The number of nitrogens with zero attached hydrogens (tertiary/aromatic N) is 3. The Morgan fingerprint density at radius 2 is 2.21 bits per heavy atom. The maximum absolute atomic E-state index is 5.20. The summed E-state index contributed by atoms with van der Waals surface area (Å²) in [5.41, 5.74) is 2.05. The highest BCUT2D eigenvalue weighted by Crippen LogP contribution is 2.17. The molecule has 0 aliphatic carbocycles. The largest absolute Gasteiger partial charge is 0.383 e. The van der Waals surface area contributed by atoms with E-state index in [4.69, 9.17) is 4.74 Å². The van der Waals surface area contributed by atoms with Crippen LogP contribution in [0.5, 0.6) is 0 Å². The SMILES string of the molecule is COCC(C)n1cc(C)nc1NCc1csc(C)n1. The van der Waals surface area contributed by atoms with Gasteiger partial charge in [-0.25, -0.2) is 9.97 Å². The monoisotopic (exact) mass is 280 g/mol. The Hall–Kier alpha value is -1.40. The molecule has 2 aromatic heterocycles. The van der Waals surface area contributed by atoms with Crippen LogP contribution in [0.25, 0.3) is 0 Å². The zero-order valence-corrected chi connectivity index (χ0v) is 12.6. The summed E-state index contributed by atoms with van der Waals surface area (Å²) in [6.07, 6.45) is 2.04. The van der Waals surface area contributed by atoms with E-state index in [9.17, 15) is 0 Å². The number of hydrogen-bond donors (Lipinski definition) is 1. The zero-order chi connectivity index (χ0) is 13.8. The van der Waals surface area contributed by atoms with E-state index in [1.54, 1.807) is 18.4 Å². The predicted octanol–water partition coefficient (Wildman–Crippen LogP) is 2.78. The molecule has 5 nitrogen and oxygen atoms in total. The van der Waals surface area contributed by atoms with E-state index in [2.05, 4.69) is 32.2 Å². The number of aromatic nitrogens is 3. The van der Waals surface area contributed by atoms with Gasteiger partial charge in [0.05, 0.1) is 35.6 Å². The van der Waals surface area contributed by atoms with Gasteiger partial charge in [0, 0.05) is 18.7 Å². The van der Waals surface area contributed by atoms with Gasteiger partial charge in [0.1, 0.15) is 0 Å². The van der Waals surface area contributed by atoms with E-state index in [0.717, 1.165) is 22.3 Å². The molecule has 0 aromatic carbocycles. The third-order valence-corrected chi connectivity index (χ3v) is 3.65. The Bertz CT molecular complexity index is 534. The zero-order valence-electron chi connectivity index (χ0n) is 11.8. The number of aryl methyl sites for hydroxylation is 2. The van der Waals surface area contributed by atoms with Gasteiger partial charge >= 0.3 is 0 Å². The first-order valence-electron chi connectivity index (χ1n) is 6.29. The van der Waals surface area contributed by atoms with Gasteiger partial charge in [-0.05, 0) is 20.8 Å². The maximum atomic E-state index is 5.20. The van der Waals surface area contributed by atoms with Gasteiger partial charge in [0.15, 0.2) is 0 Å². The summed E-state index contributed by atoms with van der Waals surface area (Å²) in [6, 6.07) is 0.255. The first-order chi connectivity index (χ1) is 9.10. The fourth-order valence-corrected chi connectivity index (χ4v) is 2.58. The molecule has 0 saturated heterocycles. The molecule has 0 fully saturated rings. The summed E-state index contributed by atoms with van der Waals surface area (Å²) in [5, 5.41) is 6.50. The summed E-state index contributed by atoms with van der Waals surface area (Å²) in [6.45, 7) is 7.48. The Labute approximate surface area is 117 Å². The van der Waals surface area contributed by atoms with Crippen molar-refractivity contribution in [2.45, 2.75) is 33.4 Å². The number of thiazole rings is 1. The number of anilines is 1. The van der Waals surface area contributed by atoms with E-state index < -0.39 is 0 Å². The molecule has 0 saturated carbocycles. The highest BCUT2D eigenvalue weighted by molar-refractivity contribution is 7.09. The minimum atomic E-state index is 0.255. The number of nitrogens with one attached hydrogen (secondary N) is 1. The lowest BCUT2D eigenvalue weighted by Gasteiger charge is -2.15. The number of hydrogen-bond acceptors (Lipinski definition) is 5. The van der Waals surface area contributed by atoms with Gasteiger partial charge < -0.3 is 14.6 Å². The van der Waals surface area contributed by atoms with Gasteiger partial charge in [-0.3, -0.25) is 0 Å². The predicted molar refractivity (Wildman–Crippen MR) is 77.7 cm³/mol. The van der Waals surface area contributed by atoms with Gasteiger partial charge in [0.2, 0.25) is 5.95 Å². The molecule has 1 unspecified atom stereocenters. The molecule has 104 valence electrons. The van der Waals surface area contributed by atoms with Crippen LogP contribution in [0, 0.1) is 13.8 Å². The standard InChI is InChI=1S/C13H20N4OS/c1-9-6-17(10(2)7-18-4)13(15-9)14-5-12-8-19-11(3)16-12/h6,8,10H,5,7H2,1-4H3,(H,14,15). The van der Waals surface area contributed by atoms with Crippen LogP contribution in [0.15, 0.2) is 11.6 Å². The number of ether oxygens (including phenoxy) is 1. The van der Waals surface area contributed by atoms with Gasteiger partial charge in [-0.15, -0.1) is 11.3 Å². The van der Waals surface area contributed by atoms with Gasteiger partial charge in [0.25, 0.3) is 0 Å². The van der Waals surface area contributed by atoms with E-state index in [1.165, 1.54) is 0 Å². The molecule has 19 heavy (non-hydrogen) atoms. The van der Waals surface area contributed by atoms with Crippen molar-refractivity contribution in [2.24, 2.45) is 0 Å². The Balaban J connectivity index is 2.07. The lowest BCUT2D eigenvalue weighted by Crippen LogP contribution is -2.14. The molecule has 0 amide bonds. The van der Waals surface area contributed by atoms with Crippen LogP contribution in [-0.4, -0.2) is 28.3 Å². The number of imidazole rings is 1. The Kier molecular flexibility index (Phi) is 4.55. The molecular formula is C13H20N4OS. The second kappa shape index (κ2) is 6.16. The average Bonchev–Trinajstić information content (AvgIpc) is 2.93. The molecule has 1 atom stereocenters. The van der Waals surface area contributed by atoms with Crippen molar-refractivity contribution in [3.05, 3.63) is 28.0 Å². The third kappa shape index (κ3) is 3.54. The molecule has 2 heterocycles. The Morgan fingerprint density at radius 3 is 2.84 bits per heavy atom. The minimum absolute atomic E-state index is 0.255. The normalized spacial score (nSPS) is 12.6. The minimum Gasteiger partial charge on any atom is -0.383 e. The Morgan fingerprint density at radius 1 is 1.42 bits per heavy atom. The average molecular weight is 280 g/mol. The van der Waals surface area contributed by atoms with Crippen LogP contribution in [0.2, 0.25) is 0 Å². The highest BCUT2D eigenvalue weighted by atomic mass is 32.1. The van der Waals surface area contributed by atoms with Gasteiger partial charge in [-0.2, -0.15) is 0 Å². The van der Waals surface area contributed by atoms with Gasteiger partial charge in [-0.1, -0.05) is 0 Å². The van der Waals surface area contributed by atoms with E-state index in [0.29, 0.717) is 13.2 Å². The molecule has 0 bridgehead atoms. The molecule has 6 heteroatoms.